The van der Waals surface area contributed by atoms with Crippen molar-refractivity contribution in [1.82, 2.24) is 15.2 Å². The van der Waals surface area contributed by atoms with Gasteiger partial charge >= 0.3 is 0 Å². The number of aromatic amines is 1. The zero-order chi connectivity index (χ0) is 10.7. The van der Waals surface area contributed by atoms with Crippen molar-refractivity contribution in [2.45, 2.75) is 45.1 Å². The second-order valence-electron chi connectivity index (χ2n) is 4.43. The van der Waals surface area contributed by atoms with Gasteiger partial charge in [0.2, 0.25) is 0 Å². The summed E-state index contributed by atoms with van der Waals surface area (Å²) in [4.78, 5) is 4.04. The molecule has 0 saturated heterocycles. The number of nitrogens with one attached hydrogen (secondary N) is 1. The molecule has 0 radical (unpaired) electrons. The second kappa shape index (κ2) is 4.75. The van der Waals surface area contributed by atoms with Crippen LogP contribution in [0.15, 0.2) is 6.33 Å². The molecule has 2 rings (SSSR count). The van der Waals surface area contributed by atoms with Gasteiger partial charge in [0, 0.05) is 0 Å². The first-order valence-corrected chi connectivity index (χ1v) is 5.86. The van der Waals surface area contributed by atoms with Crippen LogP contribution in [0.2, 0.25) is 0 Å². The predicted octanol–water partition coefficient (Wildman–Crippen LogP) is 2.05. The number of rotatable bonds is 3. The van der Waals surface area contributed by atoms with Crippen LogP contribution in [-0.4, -0.2) is 20.3 Å². The van der Waals surface area contributed by atoms with E-state index in [0.717, 1.165) is 12.8 Å². The summed E-state index contributed by atoms with van der Waals surface area (Å²) in [6.45, 7) is 2.20. The molecule has 1 fully saturated rings. The molecule has 0 aliphatic heterocycles. The van der Waals surface area contributed by atoms with Crippen molar-refractivity contribution in [3.05, 3.63) is 12.2 Å². The number of aliphatic hydroxyl groups excluding tert-OH is 1. The van der Waals surface area contributed by atoms with Gasteiger partial charge in [-0.2, -0.15) is 5.10 Å². The number of hydrogen-bond acceptors (Lipinski definition) is 3. The predicted molar refractivity (Wildman–Crippen MR) is 57.1 cm³/mol. The van der Waals surface area contributed by atoms with Gasteiger partial charge in [0.25, 0.3) is 0 Å². The van der Waals surface area contributed by atoms with Crippen molar-refractivity contribution in [2.75, 3.05) is 0 Å². The van der Waals surface area contributed by atoms with Crippen molar-refractivity contribution in [3.63, 3.8) is 0 Å². The summed E-state index contributed by atoms with van der Waals surface area (Å²) in [5.41, 5.74) is 0. The molecule has 3 unspecified atom stereocenters. The van der Waals surface area contributed by atoms with Gasteiger partial charge in [-0.3, -0.25) is 5.10 Å². The Hall–Kier alpha value is -0.900. The van der Waals surface area contributed by atoms with Gasteiger partial charge in [0.05, 0.1) is 0 Å². The van der Waals surface area contributed by atoms with E-state index in [1.165, 1.54) is 25.6 Å². The molecule has 1 aliphatic carbocycles. The van der Waals surface area contributed by atoms with Crippen LogP contribution in [0.1, 0.15) is 51.0 Å². The average molecular weight is 209 g/mol. The minimum atomic E-state index is -0.460. The number of H-pyrrole nitrogens is 1. The molecule has 1 saturated carbocycles. The Bertz CT molecular complexity index is 286. The summed E-state index contributed by atoms with van der Waals surface area (Å²) >= 11 is 0. The fraction of sp³-hybridized carbons (Fsp3) is 0.818. The van der Waals surface area contributed by atoms with Crippen molar-refractivity contribution in [1.29, 1.82) is 0 Å². The van der Waals surface area contributed by atoms with Crippen LogP contribution in [0, 0.1) is 11.8 Å². The third-order valence-corrected chi connectivity index (χ3v) is 3.61. The third kappa shape index (κ3) is 2.20. The third-order valence-electron chi connectivity index (χ3n) is 3.61. The monoisotopic (exact) mass is 209 g/mol. The minimum Gasteiger partial charge on any atom is -0.385 e. The maximum Gasteiger partial charge on any atom is 0.153 e. The van der Waals surface area contributed by atoms with Gasteiger partial charge in [-0.15, -0.1) is 0 Å². The summed E-state index contributed by atoms with van der Waals surface area (Å²) in [5.74, 6) is 1.62. The van der Waals surface area contributed by atoms with Gasteiger partial charge in [0.15, 0.2) is 5.82 Å². The van der Waals surface area contributed by atoms with Crippen molar-refractivity contribution in [3.8, 4) is 0 Å². The number of aromatic nitrogens is 3. The highest BCUT2D eigenvalue weighted by molar-refractivity contribution is 4.93. The van der Waals surface area contributed by atoms with Gasteiger partial charge < -0.3 is 5.11 Å². The number of aliphatic hydroxyl groups is 1. The highest BCUT2D eigenvalue weighted by atomic mass is 16.3. The second-order valence-corrected chi connectivity index (χ2v) is 4.43. The summed E-state index contributed by atoms with van der Waals surface area (Å²) in [6.07, 6.45) is 7.04. The highest BCUT2D eigenvalue weighted by Gasteiger charge is 2.31. The van der Waals surface area contributed by atoms with Crippen LogP contribution in [0.5, 0.6) is 0 Å². The lowest BCUT2D eigenvalue weighted by atomic mass is 9.75. The van der Waals surface area contributed by atoms with E-state index >= 15 is 0 Å². The SMILES string of the molecule is CCC1CCCCC1C(O)c1ncn[nH]1. The molecule has 1 heterocycles. The Labute approximate surface area is 90.1 Å². The van der Waals surface area contributed by atoms with Gasteiger partial charge in [0.1, 0.15) is 12.4 Å². The summed E-state index contributed by atoms with van der Waals surface area (Å²) < 4.78 is 0. The Morgan fingerprint density at radius 2 is 2.33 bits per heavy atom. The molecule has 1 aliphatic rings. The van der Waals surface area contributed by atoms with E-state index in [1.807, 2.05) is 0 Å². The van der Waals surface area contributed by atoms with Crippen LogP contribution < -0.4 is 0 Å². The molecule has 1 aromatic rings. The molecular formula is C11H19N3O. The Kier molecular flexibility index (Phi) is 3.36. The Morgan fingerprint density at radius 3 is 3.00 bits per heavy atom. The molecule has 4 nitrogen and oxygen atoms in total. The van der Waals surface area contributed by atoms with E-state index < -0.39 is 6.10 Å². The number of nitrogens with zero attached hydrogens (tertiary/aromatic N) is 2. The molecule has 0 aromatic carbocycles. The maximum absolute atomic E-state index is 10.2. The first-order chi connectivity index (χ1) is 7.33. The van der Waals surface area contributed by atoms with E-state index in [2.05, 4.69) is 22.1 Å². The van der Waals surface area contributed by atoms with Crippen LogP contribution >= 0.6 is 0 Å². The quantitative estimate of drug-likeness (QED) is 0.801. The molecule has 4 heteroatoms. The van der Waals surface area contributed by atoms with Crippen molar-refractivity contribution >= 4 is 0 Å². The zero-order valence-electron chi connectivity index (χ0n) is 9.19. The van der Waals surface area contributed by atoms with E-state index in [-0.39, 0.29) is 0 Å². The lowest BCUT2D eigenvalue weighted by Gasteiger charge is -2.33. The first-order valence-electron chi connectivity index (χ1n) is 5.86. The van der Waals surface area contributed by atoms with Gasteiger partial charge in [-0.1, -0.05) is 32.6 Å². The minimum absolute atomic E-state index is 0.358. The topological polar surface area (TPSA) is 61.8 Å². The lowest BCUT2D eigenvalue weighted by Crippen LogP contribution is -2.26. The number of hydrogen-bond donors (Lipinski definition) is 2. The fourth-order valence-corrected chi connectivity index (χ4v) is 2.72. The molecular weight excluding hydrogens is 190 g/mol. The average Bonchev–Trinajstić information content (AvgIpc) is 2.81. The lowest BCUT2D eigenvalue weighted by molar-refractivity contribution is 0.0392. The standard InChI is InChI=1S/C11H19N3O/c1-2-8-5-3-4-6-9(8)10(15)11-12-7-13-14-11/h7-10,15H,2-6H2,1H3,(H,12,13,14). The molecule has 0 amide bonds. The largest absolute Gasteiger partial charge is 0.385 e. The molecule has 2 N–H and O–H groups in total. The molecule has 84 valence electrons. The summed E-state index contributed by atoms with van der Waals surface area (Å²) in [7, 11) is 0. The molecule has 1 aromatic heterocycles. The summed E-state index contributed by atoms with van der Waals surface area (Å²) in [5, 5.41) is 16.8. The Morgan fingerprint density at radius 1 is 1.53 bits per heavy atom. The van der Waals surface area contributed by atoms with Crippen molar-refractivity contribution in [2.24, 2.45) is 11.8 Å². The van der Waals surface area contributed by atoms with Crippen LogP contribution in [0.25, 0.3) is 0 Å². The molecule has 3 atom stereocenters. The van der Waals surface area contributed by atoms with Crippen LogP contribution in [0.4, 0.5) is 0 Å². The van der Waals surface area contributed by atoms with E-state index in [9.17, 15) is 5.11 Å². The van der Waals surface area contributed by atoms with Gasteiger partial charge in [-0.25, -0.2) is 4.98 Å². The molecule has 15 heavy (non-hydrogen) atoms. The Balaban J connectivity index is 2.07. The van der Waals surface area contributed by atoms with Gasteiger partial charge in [-0.05, 0) is 18.3 Å². The fourth-order valence-electron chi connectivity index (χ4n) is 2.72. The summed E-state index contributed by atoms with van der Waals surface area (Å²) in [6, 6.07) is 0. The smallest absolute Gasteiger partial charge is 0.153 e. The molecule has 0 spiro atoms. The van der Waals surface area contributed by atoms with E-state index in [1.54, 1.807) is 0 Å². The highest BCUT2D eigenvalue weighted by Crippen LogP contribution is 2.39. The zero-order valence-corrected chi connectivity index (χ0v) is 9.19. The van der Waals surface area contributed by atoms with Crippen LogP contribution in [0.3, 0.4) is 0 Å². The normalized spacial score (nSPS) is 28.9. The van der Waals surface area contributed by atoms with Crippen LogP contribution in [-0.2, 0) is 0 Å². The van der Waals surface area contributed by atoms with E-state index in [0.29, 0.717) is 17.7 Å². The first kappa shape index (κ1) is 10.6. The molecule has 0 bridgehead atoms. The maximum atomic E-state index is 10.2. The van der Waals surface area contributed by atoms with Crippen molar-refractivity contribution < 1.29 is 5.11 Å². The van der Waals surface area contributed by atoms with E-state index in [4.69, 9.17) is 0 Å².